The van der Waals surface area contributed by atoms with Gasteiger partial charge < -0.3 is 10.1 Å². The number of ether oxygens (including phenoxy) is 1. The summed E-state index contributed by atoms with van der Waals surface area (Å²) in [5.41, 5.74) is 0.761. The van der Waals surface area contributed by atoms with E-state index in [0.717, 1.165) is 18.7 Å². The van der Waals surface area contributed by atoms with Crippen molar-refractivity contribution in [3.8, 4) is 5.75 Å². The monoisotopic (exact) mass is 325 g/mol. The molecule has 0 fully saturated rings. The van der Waals surface area contributed by atoms with Crippen LogP contribution in [0.4, 0.5) is 18.9 Å². The smallest absolute Gasteiger partial charge is 0.405 e. The second kappa shape index (κ2) is 6.31. The molecule has 0 saturated heterocycles. The summed E-state index contributed by atoms with van der Waals surface area (Å²) in [5, 5.41) is 3.14. The van der Waals surface area contributed by atoms with E-state index in [4.69, 9.17) is 0 Å². The van der Waals surface area contributed by atoms with E-state index in [1.54, 1.807) is 12.1 Å². The standard InChI is InChI=1S/C12H15BrF3NO/c1-8(2)5-6-17-9-3-4-11(10(13)7-9)18-12(14,15)16/h3-4,7-8,17H,5-6H2,1-2H3. The van der Waals surface area contributed by atoms with Crippen molar-refractivity contribution in [2.75, 3.05) is 11.9 Å². The molecule has 0 atom stereocenters. The van der Waals surface area contributed by atoms with Gasteiger partial charge in [0.25, 0.3) is 0 Å². The molecule has 1 aromatic carbocycles. The molecule has 1 aromatic rings. The number of anilines is 1. The molecule has 0 radical (unpaired) electrons. The van der Waals surface area contributed by atoms with Crippen LogP contribution in [0.15, 0.2) is 22.7 Å². The maximum atomic E-state index is 12.1. The van der Waals surface area contributed by atoms with Gasteiger partial charge in [0.2, 0.25) is 0 Å². The molecule has 0 heterocycles. The second-order valence-electron chi connectivity index (χ2n) is 4.30. The van der Waals surface area contributed by atoms with Crippen LogP contribution in [-0.2, 0) is 0 Å². The van der Waals surface area contributed by atoms with Crippen molar-refractivity contribution in [3.63, 3.8) is 0 Å². The highest BCUT2D eigenvalue weighted by Crippen LogP contribution is 2.32. The molecule has 102 valence electrons. The quantitative estimate of drug-likeness (QED) is 0.839. The minimum absolute atomic E-state index is 0.239. The molecule has 18 heavy (non-hydrogen) atoms. The normalized spacial score (nSPS) is 11.7. The van der Waals surface area contributed by atoms with E-state index < -0.39 is 6.36 Å². The Hall–Kier alpha value is -0.910. The van der Waals surface area contributed by atoms with Gasteiger partial charge in [0.1, 0.15) is 5.75 Å². The molecule has 0 spiro atoms. The van der Waals surface area contributed by atoms with E-state index in [1.165, 1.54) is 6.07 Å². The summed E-state index contributed by atoms with van der Waals surface area (Å²) in [5.74, 6) is 0.339. The number of hydrogen-bond donors (Lipinski definition) is 1. The van der Waals surface area contributed by atoms with Crippen LogP contribution in [0.2, 0.25) is 0 Å². The van der Waals surface area contributed by atoms with Gasteiger partial charge in [-0.1, -0.05) is 13.8 Å². The van der Waals surface area contributed by atoms with Crippen molar-refractivity contribution in [2.24, 2.45) is 5.92 Å². The minimum Gasteiger partial charge on any atom is -0.405 e. The van der Waals surface area contributed by atoms with E-state index in [1.807, 2.05) is 0 Å². The molecule has 6 heteroatoms. The number of rotatable bonds is 5. The summed E-state index contributed by atoms with van der Waals surface area (Å²) in [6, 6.07) is 4.42. The highest BCUT2D eigenvalue weighted by atomic mass is 79.9. The summed E-state index contributed by atoms with van der Waals surface area (Å²) in [4.78, 5) is 0. The first-order chi connectivity index (χ1) is 8.28. The van der Waals surface area contributed by atoms with Crippen molar-refractivity contribution in [2.45, 2.75) is 26.6 Å². The first kappa shape index (κ1) is 15.1. The molecule has 0 amide bonds. The lowest BCUT2D eigenvalue weighted by atomic mass is 10.1. The molecule has 0 unspecified atom stereocenters. The lowest BCUT2D eigenvalue weighted by Gasteiger charge is -2.13. The van der Waals surface area contributed by atoms with Gasteiger partial charge in [-0.2, -0.15) is 0 Å². The van der Waals surface area contributed by atoms with Crippen molar-refractivity contribution in [3.05, 3.63) is 22.7 Å². The summed E-state index contributed by atoms with van der Waals surface area (Å²) >= 11 is 3.06. The summed E-state index contributed by atoms with van der Waals surface area (Å²) < 4.78 is 40.3. The van der Waals surface area contributed by atoms with Crippen LogP contribution in [0.1, 0.15) is 20.3 Å². The van der Waals surface area contributed by atoms with Crippen LogP contribution in [0.5, 0.6) is 5.75 Å². The van der Waals surface area contributed by atoms with Gasteiger partial charge in [-0.25, -0.2) is 0 Å². The van der Waals surface area contributed by atoms with Crippen LogP contribution in [0, 0.1) is 5.92 Å². The maximum Gasteiger partial charge on any atom is 0.573 e. The van der Waals surface area contributed by atoms with Crippen LogP contribution in [0.25, 0.3) is 0 Å². The fraction of sp³-hybridized carbons (Fsp3) is 0.500. The average molecular weight is 326 g/mol. The highest BCUT2D eigenvalue weighted by Gasteiger charge is 2.31. The van der Waals surface area contributed by atoms with E-state index in [0.29, 0.717) is 5.92 Å². The first-order valence-corrected chi connectivity index (χ1v) is 6.36. The molecule has 0 aliphatic heterocycles. The SMILES string of the molecule is CC(C)CCNc1ccc(OC(F)(F)F)c(Br)c1. The fourth-order valence-electron chi connectivity index (χ4n) is 1.32. The zero-order valence-electron chi connectivity index (χ0n) is 10.1. The average Bonchev–Trinajstić information content (AvgIpc) is 2.19. The molecular formula is C12H15BrF3NO. The lowest BCUT2D eigenvalue weighted by molar-refractivity contribution is -0.274. The molecule has 1 N–H and O–H groups in total. The molecule has 2 nitrogen and oxygen atoms in total. The predicted molar refractivity (Wildman–Crippen MR) is 68.8 cm³/mol. The van der Waals surface area contributed by atoms with Crippen molar-refractivity contribution in [1.82, 2.24) is 0 Å². The molecule has 0 aliphatic rings. The Bertz CT molecular complexity index is 393. The number of hydrogen-bond acceptors (Lipinski definition) is 2. The summed E-state index contributed by atoms with van der Waals surface area (Å²) in [6.45, 7) is 5.00. The molecule has 0 aromatic heterocycles. The zero-order valence-corrected chi connectivity index (χ0v) is 11.7. The van der Waals surface area contributed by atoms with Gasteiger partial charge in [-0.05, 0) is 46.5 Å². The topological polar surface area (TPSA) is 21.3 Å². The highest BCUT2D eigenvalue weighted by molar-refractivity contribution is 9.10. The number of halogens is 4. The minimum atomic E-state index is -4.67. The fourth-order valence-corrected chi connectivity index (χ4v) is 1.78. The Balaban J connectivity index is 2.62. The van der Waals surface area contributed by atoms with E-state index in [9.17, 15) is 13.2 Å². The first-order valence-electron chi connectivity index (χ1n) is 5.57. The van der Waals surface area contributed by atoms with Crippen LogP contribution < -0.4 is 10.1 Å². The summed E-state index contributed by atoms with van der Waals surface area (Å²) in [6.07, 6.45) is -3.67. The Kier molecular flexibility index (Phi) is 5.31. The molecule has 0 bridgehead atoms. The van der Waals surface area contributed by atoms with Gasteiger partial charge >= 0.3 is 6.36 Å². The van der Waals surface area contributed by atoms with Crippen molar-refractivity contribution < 1.29 is 17.9 Å². The zero-order chi connectivity index (χ0) is 13.8. The van der Waals surface area contributed by atoms with Crippen LogP contribution >= 0.6 is 15.9 Å². The van der Waals surface area contributed by atoms with E-state index in [2.05, 4.69) is 39.8 Å². The van der Waals surface area contributed by atoms with Crippen molar-refractivity contribution >= 4 is 21.6 Å². The van der Waals surface area contributed by atoms with Gasteiger partial charge in [-0.15, -0.1) is 13.2 Å². The van der Waals surface area contributed by atoms with E-state index in [-0.39, 0.29) is 10.2 Å². The van der Waals surface area contributed by atoms with E-state index >= 15 is 0 Å². The lowest BCUT2D eigenvalue weighted by Crippen LogP contribution is -2.17. The third kappa shape index (κ3) is 5.62. The molecule has 1 rings (SSSR count). The number of nitrogens with one attached hydrogen (secondary N) is 1. The Morgan fingerprint density at radius 2 is 2.00 bits per heavy atom. The second-order valence-corrected chi connectivity index (χ2v) is 5.16. The Morgan fingerprint density at radius 3 is 2.50 bits per heavy atom. The van der Waals surface area contributed by atoms with Crippen LogP contribution in [-0.4, -0.2) is 12.9 Å². The Morgan fingerprint density at radius 1 is 1.33 bits per heavy atom. The number of alkyl halides is 3. The van der Waals surface area contributed by atoms with Crippen molar-refractivity contribution in [1.29, 1.82) is 0 Å². The third-order valence-electron chi connectivity index (χ3n) is 2.21. The predicted octanol–water partition coefficient (Wildman–Crippen LogP) is 4.81. The van der Waals surface area contributed by atoms with Gasteiger partial charge in [0.15, 0.2) is 0 Å². The third-order valence-corrected chi connectivity index (χ3v) is 2.83. The van der Waals surface area contributed by atoms with Gasteiger partial charge in [0.05, 0.1) is 4.47 Å². The maximum absolute atomic E-state index is 12.1. The molecular weight excluding hydrogens is 311 g/mol. The summed E-state index contributed by atoms with van der Waals surface area (Å²) in [7, 11) is 0. The van der Waals surface area contributed by atoms with Crippen LogP contribution in [0.3, 0.4) is 0 Å². The largest absolute Gasteiger partial charge is 0.573 e. The van der Waals surface area contributed by atoms with Gasteiger partial charge in [-0.3, -0.25) is 0 Å². The Labute approximate surface area is 113 Å². The molecule has 0 aliphatic carbocycles. The molecule has 0 saturated carbocycles. The number of benzene rings is 1. The van der Waals surface area contributed by atoms with Gasteiger partial charge in [0, 0.05) is 12.2 Å².